The summed E-state index contributed by atoms with van der Waals surface area (Å²) in [4.78, 5) is 5.83. The lowest BCUT2D eigenvalue weighted by Crippen LogP contribution is -2.07. The summed E-state index contributed by atoms with van der Waals surface area (Å²) in [5.41, 5.74) is 1.60. The number of thiazole rings is 1. The smallest absolute Gasteiger partial charge is 0.137 e. The molecule has 0 bridgehead atoms. The van der Waals surface area contributed by atoms with Crippen LogP contribution in [0.4, 0.5) is 4.39 Å². The third kappa shape index (κ3) is 3.80. The van der Waals surface area contributed by atoms with Gasteiger partial charge in [-0.1, -0.05) is 13.8 Å². The molecule has 0 aliphatic rings. The summed E-state index contributed by atoms with van der Waals surface area (Å²) in [7, 11) is 3.44. The second-order valence-corrected chi connectivity index (χ2v) is 6.45. The molecule has 3 nitrogen and oxygen atoms in total. The predicted molar refractivity (Wildman–Crippen MR) is 85.4 cm³/mol. The van der Waals surface area contributed by atoms with Gasteiger partial charge in [0.2, 0.25) is 0 Å². The van der Waals surface area contributed by atoms with Gasteiger partial charge in [0.05, 0.1) is 12.8 Å². The van der Waals surface area contributed by atoms with Gasteiger partial charge in [0, 0.05) is 23.1 Å². The van der Waals surface area contributed by atoms with E-state index in [4.69, 9.17) is 4.74 Å². The Hall–Kier alpha value is -1.46. The molecule has 2 aromatic rings. The van der Waals surface area contributed by atoms with E-state index in [1.54, 1.807) is 23.5 Å². The number of nitrogens with zero attached hydrogens (tertiary/aromatic N) is 1. The first-order valence-electron chi connectivity index (χ1n) is 7.02. The zero-order valence-corrected chi connectivity index (χ0v) is 13.7. The van der Waals surface area contributed by atoms with Crippen LogP contribution in [0.1, 0.15) is 24.4 Å². The average Bonchev–Trinajstić information content (AvgIpc) is 2.81. The first kappa shape index (κ1) is 15.9. The largest absolute Gasteiger partial charge is 0.497 e. The minimum absolute atomic E-state index is 0.296. The summed E-state index contributed by atoms with van der Waals surface area (Å²) >= 11 is 1.55. The third-order valence-corrected chi connectivity index (χ3v) is 4.25. The van der Waals surface area contributed by atoms with Gasteiger partial charge < -0.3 is 10.1 Å². The molecule has 0 saturated carbocycles. The molecule has 114 valence electrons. The molecule has 1 aromatic carbocycles. The van der Waals surface area contributed by atoms with Gasteiger partial charge in [-0.05, 0) is 31.5 Å². The topological polar surface area (TPSA) is 34.1 Å². The van der Waals surface area contributed by atoms with E-state index < -0.39 is 0 Å². The summed E-state index contributed by atoms with van der Waals surface area (Å²) in [5.74, 6) is 0.747. The van der Waals surface area contributed by atoms with Crippen molar-refractivity contribution >= 4 is 11.3 Å². The molecule has 21 heavy (non-hydrogen) atoms. The number of benzene rings is 1. The van der Waals surface area contributed by atoms with Crippen molar-refractivity contribution in [2.45, 2.75) is 26.8 Å². The van der Waals surface area contributed by atoms with Gasteiger partial charge in [0.25, 0.3) is 0 Å². The van der Waals surface area contributed by atoms with Crippen molar-refractivity contribution in [1.29, 1.82) is 0 Å². The number of halogens is 1. The average molecular weight is 308 g/mol. The minimum Gasteiger partial charge on any atom is -0.497 e. The Morgan fingerprint density at radius 3 is 2.71 bits per heavy atom. The highest BCUT2D eigenvalue weighted by atomic mass is 32.1. The van der Waals surface area contributed by atoms with Gasteiger partial charge in [-0.2, -0.15) is 0 Å². The fourth-order valence-electron chi connectivity index (χ4n) is 2.14. The van der Waals surface area contributed by atoms with Crippen LogP contribution in [0.5, 0.6) is 5.75 Å². The summed E-state index contributed by atoms with van der Waals surface area (Å²) < 4.78 is 19.2. The first-order chi connectivity index (χ1) is 10.0. The third-order valence-electron chi connectivity index (χ3n) is 3.12. The van der Waals surface area contributed by atoms with Crippen LogP contribution in [0.2, 0.25) is 0 Å². The number of hydrogen-bond donors (Lipinski definition) is 1. The normalized spacial score (nSPS) is 11.1. The molecule has 0 aliphatic heterocycles. The Kier molecular flexibility index (Phi) is 5.31. The molecule has 1 aromatic heterocycles. The van der Waals surface area contributed by atoms with E-state index in [2.05, 4.69) is 24.1 Å². The maximum absolute atomic E-state index is 14.2. The van der Waals surface area contributed by atoms with Crippen molar-refractivity contribution in [1.82, 2.24) is 10.3 Å². The van der Waals surface area contributed by atoms with E-state index >= 15 is 0 Å². The van der Waals surface area contributed by atoms with Gasteiger partial charge in [-0.25, -0.2) is 9.37 Å². The maximum atomic E-state index is 14.2. The Morgan fingerprint density at radius 1 is 1.38 bits per heavy atom. The SMILES string of the molecule is CNCc1sc(-c2ccc(OC)cc2F)nc1CC(C)C. The Labute approximate surface area is 129 Å². The second-order valence-electron chi connectivity index (χ2n) is 5.36. The molecule has 0 amide bonds. The lowest BCUT2D eigenvalue weighted by atomic mass is 10.1. The highest BCUT2D eigenvalue weighted by molar-refractivity contribution is 7.15. The zero-order valence-electron chi connectivity index (χ0n) is 12.9. The summed E-state index contributed by atoms with van der Waals surface area (Å²) in [5, 5.41) is 3.88. The molecule has 2 rings (SSSR count). The number of nitrogens with one attached hydrogen (secondary N) is 1. The van der Waals surface area contributed by atoms with E-state index in [9.17, 15) is 4.39 Å². The number of rotatable bonds is 6. The van der Waals surface area contributed by atoms with Crippen LogP contribution >= 0.6 is 11.3 Å². The lowest BCUT2D eigenvalue weighted by molar-refractivity contribution is 0.411. The van der Waals surface area contributed by atoms with Gasteiger partial charge in [-0.15, -0.1) is 11.3 Å². The van der Waals surface area contributed by atoms with Gasteiger partial charge >= 0.3 is 0 Å². The zero-order chi connectivity index (χ0) is 15.4. The van der Waals surface area contributed by atoms with Crippen LogP contribution in [-0.2, 0) is 13.0 Å². The van der Waals surface area contributed by atoms with E-state index in [1.807, 2.05) is 7.05 Å². The Bertz CT molecular complexity index is 610. The Morgan fingerprint density at radius 2 is 2.14 bits per heavy atom. The quantitative estimate of drug-likeness (QED) is 0.879. The predicted octanol–water partition coefficient (Wildman–Crippen LogP) is 3.88. The molecule has 0 unspecified atom stereocenters. The van der Waals surface area contributed by atoms with Crippen LogP contribution in [-0.4, -0.2) is 19.1 Å². The summed E-state index contributed by atoms with van der Waals surface area (Å²) in [6.07, 6.45) is 0.908. The molecule has 0 radical (unpaired) electrons. The van der Waals surface area contributed by atoms with E-state index in [1.165, 1.54) is 18.1 Å². The van der Waals surface area contributed by atoms with Crippen LogP contribution in [0.25, 0.3) is 10.6 Å². The molecular formula is C16H21FN2OS. The molecule has 0 spiro atoms. The van der Waals surface area contributed by atoms with Crippen LogP contribution in [0.3, 0.4) is 0 Å². The van der Waals surface area contributed by atoms with Crippen molar-refractivity contribution in [3.05, 3.63) is 34.6 Å². The number of hydrogen-bond acceptors (Lipinski definition) is 4. The molecule has 0 aliphatic carbocycles. The van der Waals surface area contributed by atoms with E-state index in [0.29, 0.717) is 17.2 Å². The standard InChI is InChI=1S/C16H21FN2OS/c1-10(2)7-14-15(9-18-3)21-16(19-14)12-6-5-11(20-4)8-13(12)17/h5-6,8,10,18H,7,9H2,1-4H3. The van der Waals surface area contributed by atoms with Gasteiger partial charge in [0.1, 0.15) is 16.6 Å². The van der Waals surface area contributed by atoms with Crippen LogP contribution in [0, 0.1) is 11.7 Å². The molecule has 0 fully saturated rings. The van der Waals surface area contributed by atoms with Crippen molar-refractivity contribution in [3.8, 4) is 16.3 Å². The molecule has 5 heteroatoms. The van der Waals surface area contributed by atoms with Gasteiger partial charge in [0.15, 0.2) is 0 Å². The van der Waals surface area contributed by atoms with Crippen LogP contribution in [0.15, 0.2) is 18.2 Å². The van der Waals surface area contributed by atoms with Crippen LogP contribution < -0.4 is 10.1 Å². The number of ether oxygens (including phenoxy) is 1. The van der Waals surface area contributed by atoms with E-state index in [-0.39, 0.29) is 5.82 Å². The Balaban J connectivity index is 2.39. The van der Waals surface area contributed by atoms with Crippen molar-refractivity contribution in [2.75, 3.05) is 14.2 Å². The number of aromatic nitrogens is 1. The first-order valence-corrected chi connectivity index (χ1v) is 7.83. The number of methoxy groups -OCH3 is 1. The summed E-state index contributed by atoms with van der Waals surface area (Å²) in [6.45, 7) is 5.09. The summed E-state index contributed by atoms with van der Waals surface area (Å²) in [6, 6.07) is 4.89. The van der Waals surface area contributed by atoms with Crippen molar-refractivity contribution < 1.29 is 9.13 Å². The van der Waals surface area contributed by atoms with Crippen molar-refractivity contribution in [3.63, 3.8) is 0 Å². The second kappa shape index (κ2) is 7.00. The van der Waals surface area contributed by atoms with E-state index in [0.717, 1.165) is 23.7 Å². The van der Waals surface area contributed by atoms with Gasteiger partial charge in [-0.3, -0.25) is 0 Å². The highest BCUT2D eigenvalue weighted by Crippen LogP contribution is 2.32. The lowest BCUT2D eigenvalue weighted by Gasteiger charge is -2.04. The molecular weight excluding hydrogens is 287 g/mol. The fourth-order valence-corrected chi connectivity index (χ4v) is 3.27. The van der Waals surface area contributed by atoms with Crippen molar-refractivity contribution in [2.24, 2.45) is 5.92 Å². The maximum Gasteiger partial charge on any atom is 0.137 e. The molecule has 0 saturated heterocycles. The highest BCUT2D eigenvalue weighted by Gasteiger charge is 2.16. The molecule has 1 N–H and O–H groups in total. The molecule has 0 atom stereocenters. The minimum atomic E-state index is -0.296. The molecule has 1 heterocycles. The fraction of sp³-hybridized carbons (Fsp3) is 0.438. The monoisotopic (exact) mass is 308 g/mol.